The molecule has 6 nitrogen and oxygen atoms in total. The molecule has 5 aromatic rings. The third-order valence-electron chi connectivity index (χ3n) is 8.51. The highest BCUT2D eigenvalue weighted by Crippen LogP contribution is 2.43. The van der Waals surface area contributed by atoms with Crippen molar-refractivity contribution < 1.29 is 9.32 Å². The summed E-state index contributed by atoms with van der Waals surface area (Å²) < 4.78 is 7.94. The topological polar surface area (TPSA) is 64.2 Å². The van der Waals surface area contributed by atoms with E-state index in [-0.39, 0.29) is 11.9 Å². The Morgan fingerprint density at radius 2 is 1.74 bits per heavy atom. The van der Waals surface area contributed by atoms with Crippen molar-refractivity contribution in [3.8, 4) is 11.1 Å². The van der Waals surface area contributed by atoms with Gasteiger partial charge in [-0.25, -0.2) is 4.98 Å². The van der Waals surface area contributed by atoms with Crippen molar-refractivity contribution >= 4 is 33.4 Å². The highest BCUT2D eigenvalue weighted by molar-refractivity contribution is 6.05. The SMILES string of the molecule is Cc1noc(C)c1-c1ccc2c(c1)nc([C@@H]1CCC(=O)N1c1cccc3ccccc13)n2C1CCCCC1. The maximum absolute atomic E-state index is 13.5. The number of aryl methyl sites for hydroxylation is 2. The lowest BCUT2D eigenvalue weighted by atomic mass is 9.94. The van der Waals surface area contributed by atoms with Crippen LogP contribution in [0.4, 0.5) is 5.69 Å². The smallest absolute Gasteiger partial charge is 0.227 e. The van der Waals surface area contributed by atoms with Gasteiger partial charge in [0.15, 0.2) is 0 Å². The van der Waals surface area contributed by atoms with Crippen LogP contribution < -0.4 is 4.90 Å². The largest absolute Gasteiger partial charge is 0.361 e. The molecule has 2 fully saturated rings. The van der Waals surface area contributed by atoms with E-state index < -0.39 is 0 Å². The minimum atomic E-state index is -0.0925. The van der Waals surface area contributed by atoms with Crippen LogP contribution >= 0.6 is 0 Å². The van der Waals surface area contributed by atoms with Crippen molar-refractivity contribution in [3.63, 3.8) is 0 Å². The van der Waals surface area contributed by atoms with Crippen LogP contribution in [-0.4, -0.2) is 20.6 Å². The molecule has 192 valence electrons. The number of rotatable bonds is 4. The predicted octanol–water partition coefficient (Wildman–Crippen LogP) is 7.83. The minimum absolute atomic E-state index is 0.0925. The van der Waals surface area contributed by atoms with E-state index in [1.807, 2.05) is 18.7 Å². The fraction of sp³-hybridized carbons (Fsp3) is 0.344. The molecule has 6 heteroatoms. The fourth-order valence-corrected chi connectivity index (χ4v) is 6.77. The monoisotopic (exact) mass is 504 g/mol. The number of aromatic nitrogens is 3. The molecule has 2 aliphatic rings. The number of imidazole rings is 1. The normalized spacial score (nSPS) is 18.7. The Hall–Kier alpha value is -3.93. The van der Waals surface area contributed by atoms with Gasteiger partial charge in [-0.05, 0) is 62.3 Å². The van der Waals surface area contributed by atoms with Crippen LogP contribution in [0.5, 0.6) is 0 Å². The van der Waals surface area contributed by atoms with Crippen molar-refractivity contribution in [2.24, 2.45) is 0 Å². The van der Waals surface area contributed by atoms with E-state index in [1.165, 1.54) is 19.3 Å². The summed E-state index contributed by atoms with van der Waals surface area (Å²) in [4.78, 5) is 20.8. The summed E-state index contributed by atoms with van der Waals surface area (Å²) in [5.41, 5.74) is 6.10. The molecular weight excluding hydrogens is 472 g/mol. The first-order valence-corrected chi connectivity index (χ1v) is 13.8. The lowest BCUT2D eigenvalue weighted by Gasteiger charge is -2.30. The van der Waals surface area contributed by atoms with Gasteiger partial charge in [-0.2, -0.15) is 0 Å². The highest BCUT2D eigenvalue weighted by atomic mass is 16.5. The Labute approximate surface area is 222 Å². The fourth-order valence-electron chi connectivity index (χ4n) is 6.77. The predicted molar refractivity (Wildman–Crippen MR) is 150 cm³/mol. The van der Waals surface area contributed by atoms with Crippen LogP contribution in [0, 0.1) is 13.8 Å². The zero-order valence-corrected chi connectivity index (χ0v) is 22.0. The Kier molecular flexibility index (Phi) is 5.57. The summed E-state index contributed by atoms with van der Waals surface area (Å²) in [6.45, 7) is 3.94. The molecule has 1 aliphatic carbocycles. The molecule has 7 rings (SSSR count). The zero-order chi connectivity index (χ0) is 25.8. The maximum Gasteiger partial charge on any atom is 0.227 e. The molecular formula is C32H32N4O2. The highest BCUT2D eigenvalue weighted by Gasteiger charge is 2.38. The van der Waals surface area contributed by atoms with Gasteiger partial charge in [-0.15, -0.1) is 0 Å². The van der Waals surface area contributed by atoms with Gasteiger partial charge in [0.1, 0.15) is 11.6 Å². The summed E-state index contributed by atoms with van der Waals surface area (Å²) in [6, 6.07) is 21.4. The first-order valence-electron chi connectivity index (χ1n) is 13.8. The van der Waals surface area contributed by atoms with Gasteiger partial charge in [0, 0.05) is 23.4 Å². The number of carbonyl (C=O) groups is 1. The Bertz CT molecular complexity index is 1650. The molecule has 1 amide bonds. The quantitative estimate of drug-likeness (QED) is 0.250. The molecule has 0 radical (unpaired) electrons. The number of fused-ring (bicyclic) bond motifs is 2. The average molecular weight is 505 g/mol. The standard InChI is InChI=1S/C32H32N4O2/c1-20-31(21(2)38-34-20)23-15-16-28-26(19-23)33-32(35(28)24-11-4-3-5-12-24)29-17-18-30(37)36(29)27-14-8-10-22-9-6-7-13-25(22)27/h6-10,13-16,19,24,29H,3-5,11-12,17-18H2,1-2H3/t29-/m0/s1. The van der Waals surface area contributed by atoms with E-state index >= 15 is 0 Å². The molecule has 0 spiro atoms. The van der Waals surface area contributed by atoms with Crippen molar-refractivity contribution in [1.82, 2.24) is 14.7 Å². The lowest BCUT2D eigenvalue weighted by molar-refractivity contribution is -0.117. The van der Waals surface area contributed by atoms with Crippen molar-refractivity contribution in [2.45, 2.75) is 70.9 Å². The van der Waals surface area contributed by atoms with E-state index in [9.17, 15) is 4.79 Å². The average Bonchev–Trinajstić information content (AvgIpc) is 3.62. The third-order valence-corrected chi connectivity index (χ3v) is 8.51. The Morgan fingerprint density at radius 1 is 0.921 bits per heavy atom. The van der Waals surface area contributed by atoms with Gasteiger partial charge in [0.2, 0.25) is 5.91 Å². The van der Waals surface area contributed by atoms with Gasteiger partial charge in [-0.1, -0.05) is 66.9 Å². The number of hydrogen-bond acceptors (Lipinski definition) is 4. The number of hydrogen-bond donors (Lipinski definition) is 0. The van der Waals surface area contributed by atoms with Gasteiger partial charge in [0.05, 0.1) is 28.5 Å². The van der Waals surface area contributed by atoms with Crippen LogP contribution in [0.3, 0.4) is 0 Å². The molecule has 38 heavy (non-hydrogen) atoms. The first-order chi connectivity index (χ1) is 18.6. The zero-order valence-electron chi connectivity index (χ0n) is 22.0. The van der Waals surface area contributed by atoms with Crippen LogP contribution in [0.2, 0.25) is 0 Å². The second-order valence-electron chi connectivity index (χ2n) is 10.9. The molecule has 2 aromatic heterocycles. The van der Waals surface area contributed by atoms with E-state index in [0.717, 1.165) is 75.2 Å². The number of nitrogens with zero attached hydrogens (tertiary/aromatic N) is 4. The van der Waals surface area contributed by atoms with Crippen molar-refractivity contribution in [3.05, 3.63) is 77.9 Å². The molecule has 3 aromatic carbocycles. The molecule has 0 N–H and O–H groups in total. The second-order valence-corrected chi connectivity index (χ2v) is 10.9. The summed E-state index contributed by atoms with van der Waals surface area (Å²) >= 11 is 0. The van der Waals surface area contributed by atoms with Crippen molar-refractivity contribution in [2.75, 3.05) is 4.90 Å². The number of benzene rings is 3. The summed E-state index contributed by atoms with van der Waals surface area (Å²) in [5, 5.41) is 6.42. The minimum Gasteiger partial charge on any atom is -0.361 e. The van der Waals surface area contributed by atoms with E-state index in [2.05, 4.69) is 70.4 Å². The van der Waals surface area contributed by atoms with E-state index in [1.54, 1.807) is 0 Å². The van der Waals surface area contributed by atoms with Gasteiger partial charge >= 0.3 is 0 Å². The molecule has 1 aliphatic heterocycles. The summed E-state index contributed by atoms with van der Waals surface area (Å²) in [5.74, 6) is 2.00. The van der Waals surface area contributed by atoms with Crippen LogP contribution in [-0.2, 0) is 4.79 Å². The van der Waals surface area contributed by atoms with E-state index in [4.69, 9.17) is 9.51 Å². The molecule has 1 saturated heterocycles. The van der Waals surface area contributed by atoms with Crippen LogP contribution in [0.1, 0.15) is 74.3 Å². The number of amides is 1. The number of carbonyl (C=O) groups excluding carboxylic acids is 1. The van der Waals surface area contributed by atoms with Gasteiger partial charge in [0.25, 0.3) is 0 Å². The molecule has 3 heterocycles. The molecule has 0 unspecified atom stereocenters. The molecule has 1 atom stereocenters. The van der Waals surface area contributed by atoms with E-state index in [0.29, 0.717) is 12.5 Å². The van der Waals surface area contributed by atoms with Gasteiger partial charge < -0.3 is 14.0 Å². The summed E-state index contributed by atoms with van der Waals surface area (Å²) in [6.07, 6.45) is 7.37. The van der Waals surface area contributed by atoms with Crippen LogP contribution in [0.25, 0.3) is 32.9 Å². The maximum atomic E-state index is 13.5. The van der Waals surface area contributed by atoms with Crippen LogP contribution in [0.15, 0.2) is 65.2 Å². The Balaban J connectivity index is 1.41. The lowest BCUT2D eigenvalue weighted by Crippen LogP contribution is -2.30. The Morgan fingerprint density at radius 3 is 2.55 bits per heavy atom. The molecule has 1 saturated carbocycles. The number of anilines is 1. The summed E-state index contributed by atoms with van der Waals surface area (Å²) in [7, 11) is 0. The van der Waals surface area contributed by atoms with Crippen molar-refractivity contribution in [1.29, 1.82) is 0 Å². The first kappa shape index (κ1) is 23.2. The third kappa shape index (κ3) is 3.65. The molecule has 0 bridgehead atoms. The second kappa shape index (κ2) is 9.12. The van der Waals surface area contributed by atoms with Gasteiger partial charge in [-0.3, -0.25) is 4.79 Å².